The van der Waals surface area contributed by atoms with Crippen molar-refractivity contribution in [3.8, 4) is 0 Å². The Bertz CT molecular complexity index is 278. The van der Waals surface area contributed by atoms with Crippen molar-refractivity contribution in [3.63, 3.8) is 0 Å². The van der Waals surface area contributed by atoms with E-state index < -0.39 is 5.82 Å². The zero-order valence-corrected chi connectivity index (χ0v) is 8.83. The molecule has 1 rings (SSSR count). The minimum Gasteiger partial charge on any atom is -0.324 e. The van der Waals surface area contributed by atoms with E-state index in [0.29, 0.717) is 0 Å². The van der Waals surface area contributed by atoms with Crippen LogP contribution >= 0.6 is 24.0 Å². The molecule has 1 aromatic rings. The Hall–Kier alpha value is -0.310. The SMILES string of the molecule is CC[C@H](N)c1ccc(Cl)c(F)c1.Cl. The van der Waals surface area contributed by atoms with Crippen LogP contribution in [0.2, 0.25) is 5.02 Å². The zero-order valence-electron chi connectivity index (χ0n) is 7.26. The van der Waals surface area contributed by atoms with Gasteiger partial charge in [0.1, 0.15) is 5.82 Å². The summed E-state index contributed by atoms with van der Waals surface area (Å²) < 4.78 is 12.9. The highest BCUT2D eigenvalue weighted by molar-refractivity contribution is 6.30. The van der Waals surface area contributed by atoms with Gasteiger partial charge in [0.05, 0.1) is 5.02 Å². The van der Waals surface area contributed by atoms with E-state index in [2.05, 4.69) is 0 Å². The first-order valence-electron chi connectivity index (χ1n) is 3.85. The lowest BCUT2D eigenvalue weighted by Gasteiger charge is -2.08. The number of hydrogen-bond acceptors (Lipinski definition) is 1. The molecule has 0 saturated carbocycles. The lowest BCUT2D eigenvalue weighted by molar-refractivity contribution is 0.617. The molecule has 0 amide bonds. The molecule has 0 aliphatic carbocycles. The van der Waals surface area contributed by atoms with E-state index in [0.717, 1.165) is 12.0 Å². The molecule has 0 spiro atoms. The van der Waals surface area contributed by atoms with Gasteiger partial charge in [0.25, 0.3) is 0 Å². The van der Waals surface area contributed by atoms with Crippen LogP contribution in [0.5, 0.6) is 0 Å². The van der Waals surface area contributed by atoms with Crippen LogP contribution in [0.15, 0.2) is 18.2 Å². The standard InChI is InChI=1S/C9H11ClFN.ClH/c1-2-9(12)6-3-4-7(10)8(11)5-6;/h3-5,9H,2,12H2,1H3;1H/t9-;/m0./s1. The minimum absolute atomic E-state index is 0. The Labute approximate surface area is 88.5 Å². The van der Waals surface area contributed by atoms with E-state index in [4.69, 9.17) is 17.3 Å². The number of halogens is 3. The molecule has 0 fully saturated rings. The molecule has 0 unspecified atom stereocenters. The average Bonchev–Trinajstić information content (AvgIpc) is 2.08. The third-order valence-electron chi connectivity index (χ3n) is 1.81. The normalized spacial score (nSPS) is 12.0. The van der Waals surface area contributed by atoms with E-state index in [1.807, 2.05) is 6.92 Å². The summed E-state index contributed by atoms with van der Waals surface area (Å²) in [6.45, 7) is 1.96. The van der Waals surface area contributed by atoms with Crippen molar-refractivity contribution in [2.75, 3.05) is 0 Å². The molecule has 1 atom stereocenters. The molecule has 13 heavy (non-hydrogen) atoms. The summed E-state index contributed by atoms with van der Waals surface area (Å²) in [5.74, 6) is -0.405. The minimum atomic E-state index is -0.405. The number of hydrogen-bond donors (Lipinski definition) is 1. The van der Waals surface area contributed by atoms with Gasteiger partial charge in [0.15, 0.2) is 0 Å². The molecule has 0 saturated heterocycles. The molecule has 0 bridgehead atoms. The van der Waals surface area contributed by atoms with Gasteiger partial charge >= 0.3 is 0 Å². The highest BCUT2D eigenvalue weighted by Crippen LogP contribution is 2.20. The highest BCUT2D eigenvalue weighted by Gasteiger charge is 2.05. The van der Waals surface area contributed by atoms with Crippen LogP contribution in [0.4, 0.5) is 4.39 Å². The molecule has 0 aliphatic heterocycles. The van der Waals surface area contributed by atoms with E-state index in [-0.39, 0.29) is 23.5 Å². The van der Waals surface area contributed by atoms with Gasteiger partial charge in [-0.1, -0.05) is 24.6 Å². The monoisotopic (exact) mass is 223 g/mol. The third kappa shape index (κ3) is 3.14. The maximum Gasteiger partial charge on any atom is 0.142 e. The third-order valence-corrected chi connectivity index (χ3v) is 2.12. The van der Waals surface area contributed by atoms with Gasteiger partial charge in [-0.25, -0.2) is 4.39 Å². The highest BCUT2D eigenvalue weighted by atomic mass is 35.5. The molecular formula is C9H12Cl2FN. The van der Waals surface area contributed by atoms with Crippen LogP contribution in [0.1, 0.15) is 24.9 Å². The molecule has 1 nitrogen and oxygen atoms in total. The smallest absolute Gasteiger partial charge is 0.142 e. The molecule has 1 aromatic carbocycles. The summed E-state index contributed by atoms with van der Waals surface area (Å²) in [6, 6.07) is 4.56. The predicted octanol–water partition coefficient (Wildman–Crippen LogP) is 3.31. The lowest BCUT2D eigenvalue weighted by atomic mass is 10.1. The largest absolute Gasteiger partial charge is 0.324 e. The summed E-state index contributed by atoms with van der Waals surface area (Å²) >= 11 is 5.51. The van der Waals surface area contributed by atoms with Gasteiger partial charge in [0.2, 0.25) is 0 Å². The number of benzene rings is 1. The summed E-state index contributed by atoms with van der Waals surface area (Å²) in [5, 5.41) is 0.141. The fourth-order valence-corrected chi connectivity index (χ4v) is 1.10. The molecule has 0 aromatic heterocycles. The van der Waals surface area contributed by atoms with Crippen molar-refractivity contribution in [2.24, 2.45) is 5.73 Å². The maximum atomic E-state index is 12.9. The van der Waals surface area contributed by atoms with E-state index in [1.165, 1.54) is 12.1 Å². The first kappa shape index (κ1) is 12.7. The molecule has 2 N–H and O–H groups in total. The summed E-state index contributed by atoms with van der Waals surface area (Å²) in [4.78, 5) is 0. The van der Waals surface area contributed by atoms with Gasteiger partial charge in [0, 0.05) is 6.04 Å². The van der Waals surface area contributed by atoms with Crippen molar-refractivity contribution in [2.45, 2.75) is 19.4 Å². The fraction of sp³-hybridized carbons (Fsp3) is 0.333. The van der Waals surface area contributed by atoms with Crippen molar-refractivity contribution in [1.29, 1.82) is 0 Å². The molecule has 0 heterocycles. The Morgan fingerprint density at radius 2 is 2.15 bits per heavy atom. The van der Waals surface area contributed by atoms with Gasteiger partial charge in [-0.2, -0.15) is 0 Å². The number of nitrogens with two attached hydrogens (primary N) is 1. The second-order valence-corrected chi connectivity index (χ2v) is 3.10. The molecule has 0 aliphatic rings. The maximum absolute atomic E-state index is 12.9. The Balaban J connectivity index is 0.00000144. The Morgan fingerprint density at radius 3 is 2.62 bits per heavy atom. The van der Waals surface area contributed by atoms with Crippen LogP contribution in [-0.4, -0.2) is 0 Å². The summed E-state index contributed by atoms with van der Waals surface area (Å²) in [6.07, 6.45) is 0.793. The van der Waals surface area contributed by atoms with Crippen molar-refractivity contribution >= 4 is 24.0 Å². The number of rotatable bonds is 2. The van der Waals surface area contributed by atoms with E-state index in [9.17, 15) is 4.39 Å². The topological polar surface area (TPSA) is 26.0 Å². The second kappa shape index (κ2) is 5.43. The van der Waals surface area contributed by atoms with Crippen LogP contribution in [0.3, 0.4) is 0 Å². The van der Waals surface area contributed by atoms with Gasteiger partial charge < -0.3 is 5.73 Å². The first-order chi connectivity index (χ1) is 5.65. The van der Waals surface area contributed by atoms with Crippen LogP contribution in [-0.2, 0) is 0 Å². The van der Waals surface area contributed by atoms with Crippen LogP contribution < -0.4 is 5.73 Å². The van der Waals surface area contributed by atoms with Crippen LogP contribution in [0, 0.1) is 5.82 Å². The van der Waals surface area contributed by atoms with Gasteiger partial charge in [-0.15, -0.1) is 12.4 Å². The Morgan fingerprint density at radius 1 is 1.54 bits per heavy atom. The molecular weight excluding hydrogens is 212 g/mol. The average molecular weight is 224 g/mol. The van der Waals surface area contributed by atoms with Crippen molar-refractivity contribution in [1.82, 2.24) is 0 Å². The fourth-order valence-electron chi connectivity index (χ4n) is 0.979. The Kier molecular flexibility index (Phi) is 5.30. The van der Waals surface area contributed by atoms with Crippen molar-refractivity contribution < 1.29 is 4.39 Å². The van der Waals surface area contributed by atoms with E-state index >= 15 is 0 Å². The van der Waals surface area contributed by atoms with E-state index in [1.54, 1.807) is 6.07 Å². The van der Waals surface area contributed by atoms with Crippen LogP contribution in [0.25, 0.3) is 0 Å². The second-order valence-electron chi connectivity index (χ2n) is 2.69. The molecule has 4 heteroatoms. The zero-order chi connectivity index (χ0) is 9.14. The summed E-state index contributed by atoms with van der Waals surface area (Å²) in [5.41, 5.74) is 6.49. The predicted molar refractivity (Wildman–Crippen MR) is 55.9 cm³/mol. The molecule has 74 valence electrons. The molecule has 0 radical (unpaired) electrons. The first-order valence-corrected chi connectivity index (χ1v) is 4.23. The lowest BCUT2D eigenvalue weighted by Crippen LogP contribution is -2.08. The quantitative estimate of drug-likeness (QED) is 0.819. The van der Waals surface area contributed by atoms with Crippen molar-refractivity contribution in [3.05, 3.63) is 34.6 Å². The van der Waals surface area contributed by atoms with Gasteiger partial charge in [-0.3, -0.25) is 0 Å². The van der Waals surface area contributed by atoms with Gasteiger partial charge in [-0.05, 0) is 24.1 Å². The summed E-state index contributed by atoms with van der Waals surface area (Å²) in [7, 11) is 0.